The summed E-state index contributed by atoms with van der Waals surface area (Å²) in [7, 11) is 0. The van der Waals surface area contributed by atoms with Crippen LogP contribution in [-0.2, 0) is 16.1 Å². The number of carboxylic acids is 1. The third-order valence-electron chi connectivity index (χ3n) is 3.96. The third kappa shape index (κ3) is 3.26. The first-order valence-corrected chi connectivity index (χ1v) is 9.52. The van der Waals surface area contributed by atoms with Crippen molar-refractivity contribution in [3.63, 3.8) is 0 Å². The van der Waals surface area contributed by atoms with Crippen molar-refractivity contribution in [1.29, 1.82) is 0 Å². The van der Waals surface area contributed by atoms with Crippen molar-refractivity contribution < 1.29 is 23.5 Å². The molecule has 1 aliphatic rings. The second-order valence-electron chi connectivity index (χ2n) is 5.77. The zero-order valence-corrected chi connectivity index (χ0v) is 15.2. The maximum absolute atomic E-state index is 13.9. The number of hydrogen-bond donors (Lipinski definition) is 1. The molecule has 4 rings (SSSR count). The van der Waals surface area contributed by atoms with Crippen molar-refractivity contribution in [2.75, 3.05) is 4.90 Å². The molecular weight excluding hydrogens is 396 g/mol. The largest absolute Gasteiger partial charge is 0.481 e. The highest BCUT2D eigenvalue weighted by atomic mass is 32.2. The van der Waals surface area contributed by atoms with Crippen molar-refractivity contribution in [1.82, 2.24) is 9.97 Å². The van der Waals surface area contributed by atoms with Gasteiger partial charge >= 0.3 is 5.97 Å². The molecule has 0 radical (unpaired) electrons. The van der Waals surface area contributed by atoms with Crippen molar-refractivity contribution in [3.8, 4) is 0 Å². The van der Waals surface area contributed by atoms with E-state index in [0.29, 0.717) is 21.2 Å². The van der Waals surface area contributed by atoms with E-state index >= 15 is 0 Å². The number of aromatic nitrogens is 2. The molecule has 0 saturated heterocycles. The molecule has 3 aromatic rings. The van der Waals surface area contributed by atoms with Gasteiger partial charge < -0.3 is 5.11 Å². The normalized spacial score (nSPS) is 16.6. The number of carbonyl (C=O) groups is 2. The molecule has 0 saturated carbocycles. The lowest BCUT2D eigenvalue weighted by Gasteiger charge is -2.31. The predicted molar refractivity (Wildman–Crippen MR) is 96.9 cm³/mol. The number of thioether (sulfide) groups is 1. The van der Waals surface area contributed by atoms with Gasteiger partial charge in [-0.05, 0) is 24.3 Å². The SMILES string of the molecule is O=C(O)CC1Sc2cccnc2N(Cc2nc3ccc(F)c(F)c3s2)C1=O. The highest BCUT2D eigenvalue weighted by Crippen LogP contribution is 2.40. The Labute approximate surface area is 159 Å². The second-order valence-corrected chi connectivity index (χ2v) is 8.10. The van der Waals surface area contributed by atoms with E-state index in [2.05, 4.69) is 9.97 Å². The number of carboxylic acid groups (broad SMARTS) is 1. The molecule has 1 amide bonds. The van der Waals surface area contributed by atoms with Crippen LogP contribution in [0.25, 0.3) is 10.2 Å². The number of nitrogens with zero attached hydrogens (tertiary/aromatic N) is 3. The summed E-state index contributed by atoms with van der Waals surface area (Å²) in [6, 6.07) is 5.84. The molecule has 1 atom stereocenters. The number of benzene rings is 1. The van der Waals surface area contributed by atoms with Crippen LogP contribution in [0, 0.1) is 11.6 Å². The molecule has 3 heterocycles. The van der Waals surface area contributed by atoms with Crippen LogP contribution in [0.2, 0.25) is 0 Å². The van der Waals surface area contributed by atoms with E-state index in [4.69, 9.17) is 5.11 Å². The van der Waals surface area contributed by atoms with Gasteiger partial charge in [0.1, 0.15) is 10.8 Å². The Morgan fingerprint density at radius 3 is 2.89 bits per heavy atom. The van der Waals surface area contributed by atoms with Gasteiger partial charge in [-0.25, -0.2) is 18.7 Å². The van der Waals surface area contributed by atoms with E-state index < -0.39 is 28.8 Å². The van der Waals surface area contributed by atoms with E-state index in [-0.39, 0.29) is 17.7 Å². The zero-order valence-electron chi connectivity index (χ0n) is 13.6. The minimum atomic E-state index is -1.08. The molecule has 10 heteroatoms. The predicted octanol–water partition coefficient (Wildman–Crippen LogP) is 3.45. The van der Waals surface area contributed by atoms with Crippen LogP contribution in [0.5, 0.6) is 0 Å². The van der Waals surface area contributed by atoms with Crippen LogP contribution in [-0.4, -0.2) is 32.2 Å². The van der Waals surface area contributed by atoms with Crippen LogP contribution >= 0.6 is 23.1 Å². The van der Waals surface area contributed by atoms with Gasteiger partial charge in [0.2, 0.25) is 5.91 Å². The quantitative estimate of drug-likeness (QED) is 0.713. The number of rotatable bonds is 4. The molecule has 27 heavy (non-hydrogen) atoms. The molecule has 1 aliphatic heterocycles. The van der Waals surface area contributed by atoms with Crippen molar-refractivity contribution in [3.05, 3.63) is 47.1 Å². The van der Waals surface area contributed by atoms with Crippen LogP contribution in [0.4, 0.5) is 14.6 Å². The average Bonchev–Trinajstić information content (AvgIpc) is 3.05. The summed E-state index contributed by atoms with van der Waals surface area (Å²) >= 11 is 2.11. The molecule has 2 aromatic heterocycles. The molecule has 0 spiro atoms. The topological polar surface area (TPSA) is 83.4 Å². The second kappa shape index (κ2) is 6.86. The lowest BCUT2D eigenvalue weighted by Crippen LogP contribution is -2.41. The Kier molecular flexibility index (Phi) is 4.52. The minimum absolute atomic E-state index is 0.0000680. The van der Waals surface area contributed by atoms with Gasteiger partial charge in [-0.3, -0.25) is 14.5 Å². The van der Waals surface area contributed by atoms with E-state index in [1.165, 1.54) is 17.2 Å². The van der Waals surface area contributed by atoms with E-state index in [1.807, 2.05) is 0 Å². The summed E-state index contributed by atoms with van der Waals surface area (Å²) in [5, 5.41) is 8.69. The maximum Gasteiger partial charge on any atom is 0.305 e. The molecule has 1 N–H and O–H groups in total. The fourth-order valence-electron chi connectivity index (χ4n) is 2.78. The Hall–Kier alpha value is -2.59. The van der Waals surface area contributed by atoms with Crippen LogP contribution in [0.15, 0.2) is 35.4 Å². The van der Waals surface area contributed by atoms with Gasteiger partial charge in [-0.1, -0.05) is 0 Å². The summed E-state index contributed by atoms with van der Waals surface area (Å²) < 4.78 is 27.4. The Bertz CT molecular complexity index is 1070. The van der Waals surface area contributed by atoms with Crippen molar-refractivity contribution in [2.24, 2.45) is 0 Å². The highest BCUT2D eigenvalue weighted by Gasteiger charge is 2.36. The van der Waals surface area contributed by atoms with Crippen LogP contribution < -0.4 is 4.90 Å². The Morgan fingerprint density at radius 2 is 2.11 bits per heavy atom. The summed E-state index contributed by atoms with van der Waals surface area (Å²) in [5.74, 6) is -3.01. The fourth-order valence-corrected chi connectivity index (χ4v) is 4.95. The van der Waals surface area contributed by atoms with E-state index in [1.54, 1.807) is 12.1 Å². The maximum atomic E-state index is 13.9. The van der Waals surface area contributed by atoms with Gasteiger partial charge in [0.15, 0.2) is 11.6 Å². The Balaban J connectivity index is 1.72. The first kappa shape index (κ1) is 17.8. The first-order chi connectivity index (χ1) is 12.9. The standard InChI is InChI=1S/C17H11F2N3O3S2/c18-8-3-4-9-15(14(8)19)27-12(21-9)7-22-16-10(2-1-5-20-16)26-11(17(22)25)6-13(23)24/h1-5,11H,6-7H2,(H,23,24). The summed E-state index contributed by atoms with van der Waals surface area (Å²) in [6.45, 7) is -0.0000680. The number of fused-ring (bicyclic) bond motifs is 2. The molecule has 0 aliphatic carbocycles. The van der Waals surface area contributed by atoms with E-state index in [0.717, 1.165) is 29.2 Å². The number of pyridine rings is 1. The fraction of sp³-hybridized carbons (Fsp3) is 0.176. The number of thiazole rings is 1. The third-order valence-corrected chi connectivity index (χ3v) is 6.24. The number of carbonyl (C=O) groups excluding carboxylic acids is 1. The lowest BCUT2D eigenvalue weighted by atomic mass is 10.2. The van der Waals surface area contributed by atoms with Gasteiger partial charge in [-0.2, -0.15) is 0 Å². The van der Waals surface area contributed by atoms with Crippen LogP contribution in [0.3, 0.4) is 0 Å². The molecule has 1 aromatic carbocycles. The summed E-state index contributed by atoms with van der Waals surface area (Å²) in [4.78, 5) is 34.4. The molecule has 6 nitrogen and oxygen atoms in total. The number of amides is 1. The zero-order chi connectivity index (χ0) is 19.1. The number of aliphatic carboxylic acids is 1. The van der Waals surface area contributed by atoms with Gasteiger partial charge in [0, 0.05) is 6.20 Å². The highest BCUT2D eigenvalue weighted by molar-refractivity contribution is 8.01. The first-order valence-electron chi connectivity index (χ1n) is 7.82. The van der Waals surface area contributed by atoms with Crippen molar-refractivity contribution >= 4 is 51.0 Å². The smallest absolute Gasteiger partial charge is 0.305 e. The van der Waals surface area contributed by atoms with Gasteiger partial charge in [-0.15, -0.1) is 23.1 Å². The monoisotopic (exact) mass is 407 g/mol. The summed E-state index contributed by atoms with van der Waals surface area (Å²) in [6.07, 6.45) is 1.21. The Morgan fingerprint density at radius 1 is 1.30 bits per heavy atom. The number of anilines is 1. The molecule has 0 bridgehead atoms. The minimum Gasteiger partial charge on any atom is -0.481 e. The van der Waals surface area contributed by atoms with E-state index in [9.17, 15) is 18.4 Å². The number of hydrogen-bond acceptors (Lipinski definition) is 6. The lowest BCUT2D eigenvalue weighted by molar-refractivity contribution is -0.138. The van der Waals surface area contributed by atoms with Crippen LogP contribution in [0.1, 0.15) is 11.4 Å². The summed E-state index contributed by atoms with van der Waals surface area (Å²) in [5.41, 5.74) is 0.302. The molecule has 1 unspecified atom stereocenters. The average molecular weight is 407 g/mol. The van der Waals surface area contributed by atoms with Crippen molar-refractivity contribution in [2.45, 2.75) is 23.1 Å². The number of halogens is 2. The molecule has 0 fully saturated rings. The van der Waals surface area contributed by atoms with Gasteiger partial charge in [0.25, 0.3) is 0 Å². The molecule has 138 valence electrons. The molecular formula is C17H11F2N3O3S2. The van der Waals surface area contributed by atoms with Gasteiger partial charge in [0.05, 0.1) is 33.3 Å².